The van der Waals surface area contributed by atoms with Gasteiger partial charge in [-0.1, -0.05) is 0 Å². The van der Waals surface area contributed by atoms with Crippen LogP contribution in [0.25, 0.3) is 0 Å². The Morgan fingerprint density at radius 3 is 1.50 bits per heavy atom. The molecule has 47 valence electrons. The molecule has 0 spiro atoms. The Morgan fingerprint density at radius 2 is 1.50 bits per heavy atom. The van der Waals surface area contributed by atoms with Crippen molar-refractivity contribution in [3.8, 4) is 0 Å². The van der Waals surface area contributed by atoms with E-state index in [0.29, 0.717) is 0 Å². The Labute approximate surface area is 54.6 Å². The predicted octanol–water partition coefficient (Wildman–Crippen LogP) is 0.631. The van der Waals surface area contributed by atoms with E-state index in [9.17, 15) is 13.2 Å². The zero-order valence-corrected chi connectivity index (χ0v) is 4.83. The number of aliphatic carboxylic acids is 1. The number of rotatable bonds is 0. The van der Waals surface area contributed by atoms with Gasteiger partial charge in [0.2, 0.25) is 0 Å². The molecule has 0 atom stereocenters. The summed E-state index contributed by atoms with van der Waals surface area (Å²) in [5, 5.41) is 7.12. The summed E-state index contributed by atoms with van der Waals surface area (Å²) in [6.07, 6.45) is -5.08. The van der Waals surface area contributed by atoms with Crippen LogP contribution in [0.4, 0.5) is 13.2 Å². The number of halogens is 3. The Bertz CT molecular complexity index is 87.8. The van der Waals surface area contributed by atoms with E-state index < -0.39 is 12.1 Å². The predicted molar refractivity (Wildman–Crippen MR) is 13.7 cm³/mol. The van der Waals surface area contributed by atoms with Gasteiger partial charge in [0, 0.05) is 18.6 Å². The van der Waals surface area contributed by atoms with Crippen molar-refractivity contribution in [3.63, 3.8) is 0 Å². The number of carbonyl (C=O) groups is 1. The van der Waals surface area contributed by atoms with Crippen molar-refractivity contribution >= 4 is 5.97 Å². The molecule has 8 heavy (non-hydrogen) atoms. The zero-order valence-electron chi connectivity index (χ0n) is 3.44. The third-order valence-electron chi connectivity index (χ3n) is 0.243. The second kappa shape index (κ2) is 2.99. The molecule has 1 radical (unpaired) electrons. The van der Waals surface area contributed by atoms with Gasteiger partial charge in [-0.05, 0) is 0 Å². The van der Waals surface area contributed by atoms with Crippen LogP contribution in [0.1, 0.15) is 0 Å². The van der Waals surface area contributed by atoms with E-state index in [4.69, 9.17) is 9.90 Å². The van der Waals surface area contributed by atoms with E-state index in [0.717, 1.165) is 0 Å². The average Bonchev–Trinajstić information content (AvgIpc) is 1.31. The maximum Gasteiger partial charge on any atom is 0.490 e. The first-order valence-electron chi connectivity index (χ1n) is 1.24. The molecule has 0 fully saturated rings. The maximum absolute atomic E-state index is 10.6. The number of carboxylic acid groups (broad SMARTS) is 1. The molecule has 0 aliphatic heterocycles. The molecular weight excluding hydrogens is 164 g/mol. The molecule has 0 heterocycles. The minimum Gasteiger partial charge on any atom is -0.475 e. The average molecular weight is 165 g/mol. The Morgan fingerprint density at radius 1 is 1.38 bits per heavy atom. The van der Waals surface area contributed by atoms with Crippen molar-refractivity contribution in [3.05, 3.63) is 0 Å². The van der Waals surface area contributed by atoms with Gasteiger partial charge in [-0.2, -0.15) is 13.2 Å². The van der Waals surface area contributed by atoms with Gasteiger partial charge in [-0.3, -0.25) is 0 Å². The van der Waals surface area contributed by atoms with Crippen molar-refractivity contribution in [2.45, 2.75) is 6.18 Å². The number of carboxylic acids is 1. The quantitative estimate of drug-likeness (QED) is 0.571. The molecule has 0 aliphatic rings. The largest absolute Gasteiger partial charge is 0.490 e. The summed E-state index contributed by atoms with van der Waals surface area (Å²) in [4.78, 5) is 8.90. The van der Waals surface area contributed by atoms with Crippen LogP contribution in [0.2, 0.25) is 0 Å². The number of hydrogen-bond donors (Lipinski definition) is 1. The zero-order chi connectivity index (χ0) is 6.08. The van der Waals surface area contributed by atoms with Crippen molar-refractivity contribution in [1.82, 2.24) is 0 Å². The van der Waals surface area contributed by atoms with Crippen molar-refractivity contribution in [1.29, 1.82) is 0 Å². The van der Waals surface area contributed by atoms with E-state index in [2.05, 4.69) is 0 Å². The van der Waals surface area contributed by atoms with Crippen LogP contribution in [-0.2, 0) is 23.4 Å². The fourth-order valence-corrected chi connectivity index (χ4v) is 0. The first-order valence-corrected chi connectivity index (χ1v) is 1.24. The normalized spacial score (nSPS) is 9.88. The van der Waals surface area contributed by atoms with Gasteiger partial charge in [0.1, 0.15) is 0 Å². The molecule has 0 aromatic rings. The Kier molecular flexibility index (Phi) is 4.02. The summed E-state index contributed by atoms with van der Waals surface area (Å²) in [6.45, 7) is 0. The van der Waals surface area contributed by atoms with E-state index in [1.165, 1.54) is 0 Å². The molecule has 0 bridgehead atoms. The van der Waals surface area contributed by atoms with Crippen LogP contribution in [-0.4, -0.2) is 17.3 Å². The topological polar surface area (TPSA) is 37.3 Å². The summed E-state index contributed by atoms with van der Waals surface area (Å²) >= 11 is 0. The van der Waals surface area contributed by atoms with Gasteiger partial charge < -0.3 is 5.11 Å². The Balaban J connectivity index is 0. The van der Waals surface area contributed by atoms with E-state index >= 15 is 0 Å². The monoisotopic (exact) mass is 165 g/mol. The number of alkyl halides is 3. The standard InChI is InChI=1S/C2HF3O2.V/c3-2(4,5)1(6)7;/h(H,6,7);. The molecule has 0 aromatic carbocycles. The second-order valence-electron chi connectivity index (χ2n) is 0.803. The molecule has 0 aromatic heterocycles. The van der Waals surface area contributed by atoms with E-state index in [1.54, 1.807) is 0 Å². The molecule has 0 rings (SSSR count). The second-order valence-corrected chi connectivity index (χ2v) is 0.803. The van der Waals surface area contributed by atoms with Crippen molar-refractivity contribution in [2.24, 2.45) is 0 Å². The first kappa shape index (κ1) is 10.8. The SMILES string of the molecule is O=C(O)C(F)(F)F.[V]. The minimum absolute atomic E-state index is 0. The Hall–Kier alpha value is -0.156. The summed E-state index contributed by atoms with van der Waals surface area (Å²) in [5.41, 5.74) is 0. The molecular formula is C2HF3O2V. The van der Waals surface area contributed by atoms with Crippen LogP contribution in [0, 0.1) is 0 Å². The third kappa shape index (κ3) is 4.02. The van der Waals surface area contributed by atoms with Gasteiger partial charge in [-0.15, -0.1) is 0 Å². The molecule has 0 unspecified atom stereocenters. The maximum atomic E-state index is 10.6. The van der Waals surface area contributed by atoms with Crippen LogP contribution in [0.3, 0.4) is 0 Å². The molecule has 0 amide bonds. The summed E-state index contributed by atoms with van der Waals surface area (Å²) in [5.74, 6) is -2.76. The van der Waals surface area contributed by atoms with E-state index in [1.807, 2.05) is 0 Å². The first-order chi connectivity index (χ1) is 2.94. The van der Waals surface area contributed by atoms with Gasteiger partial charge in [-0.25, -0.2) is 4.79 Å². The van der Waals surface area contributed by atoms with Gasteiger partial charge in [0.25, 0.3) is 0 Å². The van der Waals surface area contributed by atoms with Crippen LogP contribution in [0.5, 0.6) is 0 Å². The van der Waals surface area contributed by atoms with Crippen LogP contribution in [0.15, 0.2) is 0 Å². The smallest absolute Gasteiger partial charge is 0.475 e. The summed E-state index contributed by atoms with van der Waals surface area (Å²) in [7, 11) is 0. The van der Waals surface area contributed by atoms with Gasteiger partial charge in [0.15, 0.2) is 0 Å². The van der Waals surface area contributed by atoms with Crippen molar-refractivity contribution < 1.29 is 41.6 Å². The minimum atomic E-state index is -5.08. The summed E-state index contributed by atoms with van der Waals surface area (Å²) < 4.78 is 31.7. The van der Waals surface area contributed by atoms with Crippen LogP contribution >= 0.6 is 0 Å². The van der Waals surface area contributed by atoms with Gasteiger partial charge >= 0.3 is 12.1 Å². The van der Waals surface area contributed by atoms with Crippen molar-refractivity contribution in [2.75, 3.05) is 0 Å². The number of hydrogen-bond acceptors (Lipinski definition) is 1. The molecule has 1 N–H and O–H groups in total. The summed E-state index contributed by atoms with van der Waals surface area (Å²) in [6, 6.07) is 0. The van der Waals surface area contributed by atoms with Gasteiger partial charge in [0.05, 0.1) is 0 Å². The fourth-order valence-electron chi connectivity index (χ4n) is 0. The molecule has 0 aliphatic carbocycles. The third-order valence-corrected chi connectivity index (χ3v) is 0.243. The molecule has 0 saturated heterocycles. The van der Waals surface area contributed by atoms with Crippen LogP contribution < -0.4 is 0 Å². The van der Waals surface area contributed by atoms with E-state index in [-0.39, 0.29) is 18.6 Å². The fraction of sp³-hybridized carbons (Fsp3) is 0.500. The molecule has 2 nitrogen and oxygen atoms in total. The molecule has 0 saturated carbocycles. The molecule has 6 heteroatoms.